The number of likely N-dealkylation sites (tertiary alicyclic amines) is 1. The molecule has 520 valence electrons. The normalized spacial score (nSPS) is 15.9. The number of carbonyl (C=O) groups is 14. The summed E-state index contributed by atoms with van der Waals surface area (Å²) in [4.78, 5) is 189. The molecule has 28 nitrogen and oxygen atoms in total. The Bertz CT molecular complexity index is 3340. The van der Waals surface area contributed by atoms with E-state index in [9.17, 15) is 92.7 Å². The number of aliphatic hydroxyl groups excluding tert-OH is 2. The number of nitrogens with two attached hydrogens (primary N) is 1. The van der Waals surface area contributed by atoms with Crippen molar-refractivity contribution in [3.05, 3.63) is 111 Å². The van der Waals surface area contributed by atoms with Gasteiger partial charge in [-0.25, -0.2) is 4.79 Å². The van der Waals surface area contributed by atoms with Gasteiger partial charge in [0.05, 0.1) is 34.7 Å². The number of fused-ring (bicyclic) bond motifs is 1. The Labute approximate surface area is 567 Å². The molecule has 3 aromatic rings. The number of unbranched alkanes of at least 4 members (excludes halogenated alkanes) is 1. The van der Waals surface area contributed by atoms with Gasteiger partial charge >= 0.3 is 17.9 Å². The number of rotatable bonds is 42. The van der Waals surface area contributed by atoms with Crippen molar-refractivity contribution in [2.24, 2.45) is 17.6 Å². The van der Waals surface area contributed by atoms with Crippen LogP contribution in [0.1, 0.15) is 117 Å². The van der Waals surface area contributed by atoms with Crippen LogP contribution < -0.4 is 43.0 Å². The second-order valence-corrected chi connectivity index (χ2v) is 26.7. The molecule has 0 aromatic heterocycles. The van der Waals surface area contributed by atoms with Crippen LogP contribution in [0.4, 0.5) is 5.69 Å². The largest absolute Gasteiger partial charge is 0.481 e. The summed E-state index contributed by atoms with van der Waals surface area (Å²) in [5, 5.41) is 64.6. The van der Waals surface area contributed by atoms with Gasteiger partial charge in [0.15, 0.2) is 0 Å². The fraction of sp³-hybridized carbons (Fsp3) is 0.477. The first kappa shape index (κ1) is 78.2. The monoisotopic (exact) mass is 1390 g/mol. The first-order chi connectivity index (χ1) is 45.7. The summed E-state index contributed by atoms with van der Waals surface area (Å²) < 4.78 is 0. The summed E-state index contributed by atoms with van der Waals surface area (Å²) in [6.07, 6.45) is -2.44. The molecule has 1 saturated heterocycles. The number of hydrogen-bond acceptors (Lipinski definition) is 20. The zero-order valence-corrected chi connectivity index (χ0v) is 55.8. The lowest BCUT2D eigenvalue weighted by atomic mass is 9.94. The number of nitrogens with zero attached hydrogens (tertiary/aromatic N) is 1. The number of carboxylic acid groups (broad SMARTS) is 3. The van der Waals surface area contributed by atoms with Crippen molar-refractivity contribution in [1.82, 2.24) is 36.8 Å². The molecule has 1 aliphatic heterocycles. The van der Waals surface area contributed by atoms with Gasteiger partial charge < -0.3 is 68.5 Å². The maximum atomic E-state index is 14.6. The van der Waals surface area contributed by atoms with Crippen LogP contribution in [0.2, 0.25) is 0 Å². The van der Waals surface area contributed by atoms with E-state index < -0.39 is 149 Å². The maximum absolute atomic E-state index is 14.6. The zero-order chi connectivity index (χ0) is 70.6. The number of aliphatic carboxylic acids is 3. The van der Waals surface area contributed by atoms with E-state index in [4.69, 9.17) is 5.73 Å². The molecule has 14 N–H and O–H groups in total. The van der Waals surface area contributed by atoms with Gasteiger partial charge in [0.1, 0.15) is 36.3 Å². The van der Waals surface area contributed by atoms with Gasteiger partial charge in [-0.3, -0.25) is 67.2 Å². The van der Waals surface area contributed by atoms with Crippen LogP contribution in [0.15, 0.2) is 88.7 Å². The lowest BCUT2D eigenvalue weighted by Crippen LogP contribution is -2.60. The van der Waals surface area contributed by atoms with Crippen molar-refractivity contribution in [3.63, 3.8) is 0 Å². The van der Waals surface area contributed by atoms with Crippen molar-refractivity contribution < 1.29 is 92.7 Å². The second-order valence-electron chi connectivity index (χ2n) is 23.2. The highest BCUT2D eigenvalue weighted by Crippen LogP contribution is 2.39. The van der Waals surface area contributed by atoms with Crippen LogP contribution >= 0.6 is 35.3 Å². The number of benzene rings is 3. The fourth-order valence-corrected chi connectivity index (χ4v) is 13.2. The topological polar surface area (TPSA) is 454 Å². The standard InChI is InChI=1S/C65H83N9O19S3/c1-36(2)29-48(65(92)93)73-60(87)44(21-22-52(79)80)69-63(90)47(33-53(81)82)72-59(86)43(17-10-11-23-66)68-61(88)46(31-39-15-8-5-9-16-39)71-62(89)45(30-38-13-6-4-7-14-38)70-58(85)37(3)35-96-49-34-51(78)74(64(49)91)24-12-18-50(77)67-40-19-20-41-42(32-40)55(84)57(95-28-26-76)56(54(41)83)94-27-25-75/h4-9,13-16,19-20,32,36-37,43-49,75-76H,10-12,17-18,21-31,33-35,66H2,1-3H3,(H,67,77)(H,68,88)(H,69,90)(H,70,85)(H,71,89)(H,72,86)(H,73,87)(H,79,80)(H,81,82)(H,92,93). The Hall–Kier alpha value is -8.49. The van der Waals surface area contributed by atoms with Gasteiger partial charge in [0, 0.05) is 78.6 Å². The number of carboxylic acids is 3. The molecule has 0 radical (unpaired) electrons. The highest BCUT2D eigenvalue weighted by Gasteiger charge is 2.40. The Morgan fingerprint density at radius 3 is 1.59 bits per heavy atom. The quantitative estimate of drug-likeness (QED) is 0.0285. The number of nitrogens with one attached hydrogen (secondary N) is 7. The van der Waals surface area contributed by atoms with Crippen LogP contribution in [-0.4, -0.2) is 198 Å². The number of imide groups is 1. The Morgan fingerprint density at radius 2 is 1.07 bits per heavy atom. The van der Waals surface area contributed by atoms with Crippen molar-refractivity contribution in [1.29, 1.82) is 0 Å². The fourth-order valence-electron chi connectivity index (χ4n) is 10.2. The van der Waals surface area contributed by atoms with Gasteiger partial charge in [-0.1, -0.05) is 81.4 Å². The van der Waals surface area contributed by atoms with Crippen LogP contribution in [0, 0.1) is 11.8 Å². The number of hydrogen-bond donors (Lipinski definition) is 13. The minimum atomic E-state index is -1.94. The van der Waals surface area contributed by atoms with Crippen molar-refractivity contribution in [2.45, 2.75) is 139 Å². The van der Waals surface area contributed by atoms with Crippen molar-refractivity contribution in [3.8, 4) is 0 Å². The van der Waals surface area contributed by atoms with Gasteiger partial charge in [-0.2, -0.15) is 0 Å². The molecule has 5 rings (SSSR count). The summed E-state index contributed by atoms with van der Waals surface area (Å²) in [6, 6.07) is 11.9. The number of ketones is 2. The van der Waals surface area contributed by atoms with Gasteiger partial charge in [0.25, 0.3) is 0 Å². The third kappa shape index (κ3) is 24.6. The first-order valence-corrected chi connectivity index (χ1v) is 34.2. The summed E-state index contributed by atoms with van der Waals surface area (Å²) in [7, 11) is 0. The molecular weight excluding hydrogens is 1310 g/mol. The second kappa shape index (κ2) is 39.5. The molecule has 2 aliphatic rings. The van der Waals surface area contributed by atoms with Crippen LogP contribution in [0.25, 0.3) is 0 Å². The zero-order valence-electron chi connectivity index (χ0n) is 53.3. The molecule has 0 bridgehead atoms. The number of anilines is 1. The van der Waals surface area contributed by atoms with E-state index in [0.717, 1.165) is 40.2 Å². The predicted octanol–water partition coefficient (Wildman–Crippen LogP) is 1.94. The molecule has 1 fully saturated rings. The third-order valence-electron chi connectivity index (χ3n) is 15.1. The third-order valence-corrected chi connectivity index (χ3v) is 18.8. The molecule has 96 heavy (non-hydrogen) atoms. The summed E-state index contributed by atoms with van der Waals surface area (Å²) in [5.41, 5.74) is 7.32. The molecule has 0 spiro atoms. The van der Waals surface area contributed by atoms with Crippen molar-refractivity contribution >= 4 is 124 Å². The van der Waals surface area contributed by atoms with E-state index in [1.165, 1.54) is 18.2 Å². The van der Waals surface area contributed by atoms with Gasteiger partial charge in [0.2, 0.25) is 64.7 Å². The van der Waals surface area contributed by atoms with E-state index >= 15 is 0 Å². The maximum Gasteiger partial charge on any atom is 0.326 e. The number of thioether (sulfide) groups is 3. The summed E-state index contributed by atoms with van der Waals surface area (Å²) in [5.74, 6) is -13.3. The van der Waals surface area contributed by atoms with Gasteiger partial charge in [-0.05, 0) is 80.3 Å². The smallest absolute Gasteiger partial charge is 0.326 e. The van der Waals surface area contributed by atoms with Gasteiger partial charge in [-0.15, -0.1) is 35.3 Å². The lowest BCUT2D eigenvalue weighted by Gasteiger charge is -2.27. The molecular formula is C65H83N9O19S3. The Kier molecular flexibility index (Phi) is 32.2. The molecule has 3 aromatic carbocycles. The number of carbonyl (C=O) groups excluding carboxylic acids is 11. The van der Waals surface area contributed by atoms with Crippen LogP contribution in [0.5, 0.6) is 0 Å². The van der Waals surface area contributed by atoms with E-state index in [-0.39, 0.29) is 127 Å². The number of Topliss-reactive ketones (excluding diaryl/α,β-unsaturated/α-hetero) is 2. The molecule has 8 unspecified atom stereocenters. The van der Waals surface area contributed by atoms with E-state index in [0.29, 0.717) is 17.5 Å². The SMILES string of the molecule is CC(C)CC(NC(=O)C(CCC(=O)O)NC(=O)C(CC(=O)O)NC(=O)C(CCCCN)NC(=O)C(Cc1ccccc1)NC(=O)C(Cc1ccccc1)NC(=O)C(C)CSC1CC(=O)N(CCCC(=O)Nc2ccc3c(c2)C(=O)C(SCCO)=C(SCCO)C3=O)C1=O)C(=O)O. The molecule has 0 saturated carbocycles. The first-order valence-electron chi connectivity index (χ1n) is 31.2. The molecule has 8 atom stereocenters. The molecule has 9 amide bonds. The highest BCUT2D eigenvalue weighted by molar-refractivity contribution is 8.08. The molecule has 31 heteroatoms. The summed E-state index contributed by atoms with van der Waals surface area (Å²) in [6.45, 7) is 4.53. The molecule has 1 heterocycles. The number of amides is 9. The Morgan fingerprint density at radius 1 is 0.573 bits per heavy atom. The van der Waals surface area contributed by atoms with E-state index in [2.05, 4.69) is 37.2 Å². The average molecular weight is 1390 g/mol. The molecule has 1 aliphatic carbocycles. The van der Waals surface area contributed by atoms with Crippen LogP contribution in [-0.2, 0) is 70.4 Å². The minimum Gasteiger partial charge on any atom is -0.481 e. The summed E-state index contributed by atoms with van der Waals surface area (Å²) >= 11 is 3.11. The predicted molar refractivity (Wildman–Crippen MR) is 357 cm³/mol. The lowest BCUT2D eigenvalue weighted by molar-refractivity contribution is -0.144. The van der Waals surface area contributed by atoms with E-state index in [1.807, 2.05) is 0 Å². The Balaban J connectivity index is 1.25. The van der Waals surface area contributed by atoms with Crippen molar-refractivity contribution in [2.75, 3.05) is 48.9 Å². The minimum absolute atomic E-state index is 0.00839. The van der Waals surface area contributed by atoms with E-state index in [1.54, 1.807) is 81.4 Å². The average Bonchev–Trinajstić information content (AvgIpc) is 0.889. The number of aliphatic hydroxyl groups is 2. The number of allylic oxidation sites excluding steroid dienone is 2. The van der Waals surface area contributed by atoms with Crippen LogP contribution in [0.3, 0.4) is 0 Å². The highest BCUT2D eigenvalue weighted by atomic mass is 32.2.